The Morgan fingerprint density at radius 2 is 1.76 bits per heavy atom. The van der Waals surface area contributed by atoms with E-state index in [0.717, 1.165) is 33.2 Å². The highest BCUT2D eigenvalue weighted by molar-refractivity contribution is 6.01. The van der Waals surface area contributed by atoms with Gasteiger partial charge in [-0.15, -0.1) is 0 Å². The van der Waals surface area contributed by atoms with Crippen LogP contribution in [-0.4, -0.2) is 26.3 Å². The summed E-state index contributed by atoms with van der Waals surface area (Å²) >= 11 is 0. The molecule has 2 heterocycles. The van der Waals surface area contributed by atoms with Crippen molar-refractivity contribution in [2.24, 2.45) is 0 Å². The molecule has 0 spiro atoms. The van der Waals surface area contributed by atoms with E-state index in [9.17, 15) is 9.59 Å². The van der Waals surface area contributed by atoms with Crippen molar-refractivity contribution in [3.63, 3.8) is 0 Å². The first-order chi connectivity index (χ1) is 16.1. The lowest BCUT2D eigenvalue weighted by atomic mass is 10.1. The van der Waals surface area contributed by atoms with Gasteiger partial charge in [0.25, 0.3) is 0 Å². The van der Waals surface area contributed by atoms with Gasteiger partial charge in [0.05, 0.1) is 22.2 Å². The fourth-order valence-electron chi connectivity index (χ4n) is 4.09. The summed E-state index contributed by atoms with van der Waals surface area (Å²) in [4.78, 5) is 32.7. The number of anilines is 1. The maximum Gasteiger partial charge on any atom is 0.240 e. The zero-order chi connectivity index (χ0) is 22.8. The van der Waals surface area contributed by atoms with Crippen molar-refractivity contribution in [2.45, 2.75) is 19.5 Å². The Balaban J connectivity index is 1.43. The van der Waals surface area contributed by atoms with Crippen LogP contribution < -0.4 is 10.6 Å². The van der Waals surface area contributed by atoms with Crippen LogP contribution in [0.4, 0.5) is 5.69 Å². The zero-order valence-electron chi connectivity index (χ0n) is 18.1. The third-order valence-corrected chi connectivity index (χ3v) is 5.56. The molecule has 0 bridgehead atoms. The molecule has 0 aliphatic carbocycles. The van der Waals surface area contributed by atoms with Crippen molar-refractivity contribution in [2.75, 3.05) is 5.32 Å². The highest BCUT2D eigenvalue weighted by Crippen LogP contribution is 2.25. The van der Waals surface area contributed by atoms with Gasteiger partial charge in [-0.05, 0) is 35.9 Å². The number of aromatic nitrogens is 3. The molecule has 3 N–H and O–H groups in total. The summed E-state index contributed by atoms with van der Waals surface area (Å²) in [5, 5.41) is 6.86. The normalized spacial score (nSPS) is 12.0. The minimum atomic E-state index is -0.414. The summed E-state index contributed by atoms with van der Waals surface area (Å²) in [6, 6.07) is 24.7. The van der Waals surface area contributed by atoms with Gasteiger partial charge in [-0.1, -0.05) is 48.5 Å². The average molecular weight is 438 g/mol. The lowest BCUT2D eigenvalue weighted by molar-refractivity contribution is -0.122. The molecule has 1 atom stereocenters. The number of aromatic amines is 1. The number of hydrogen-bond donors (Lipinski definition) is 3. The molecule has 2 aromatic heterocycles. The average Bonchev–Trinajstić information content (AvgIpc) is 3.42. The molecule has 0 saturated carbocycles. The first-order valence-electron chi connectivity index (χ1n) is 10.7. The predicted octanol–water partition coefficient (Wildman–Crippen LogP) is 4.38. The van der Waals surface area contributed by atoms with E-state index in [4.69, 9.17) is 4.98 Å². The SMILES string of the molecule is CC(=O)Nc1cccc2c1ccn2CC(=O)NC(c1ccccc1)c1nc2ccccc2[nH]1. The quantitative estimate of drug-likeness (QED) is 0.368. The highest BCUT2D eigenvalue weighted by atomic mass is 16.2. The Hall–Kier alpha value is -4.39. The molecule has 5 rings (SSSR count). The van der Waals surface area contributed by atoms with Gasteiger partial charge in [0.2, 0.25) is 11.8 Å². The fourth-order valence-corrected chi connectivity index (χ4v) is 4.09. The number of hydrogen-bond acceptors (Lipinski definition) is 3. The van der Waals surface area contributed by atoms with E-state index in [2.05, 4.69) is 15.6 Å². The largest absolute Gasteiger partial charge is 0.341 e. The lowest BCUT2D eigenvalue weighted by Gasteiger charge is -2.18. The van der Waals surface area contributed by atoms with Crippen molar-refractivity contribution in [3.8, 4) is 0 Å². The molecule has 0 fully saturated rings. The summed E-state index contributed by atoms with van der Waals surface area (Å²) in [5.74, 6) is 0.400. The van der Waals surface area contributed by atoms with E-state index in [1.54, 1.807) is 0 Å². The van der Waals surface area contributed by atoms with Crippen LogP contribution in [0.25, 0.3) is 21.9 Å². The summed E-state index contributed by atoms with van der Waals surface area (Å²) in [6.45, 7) is 1.61. The molecule has 7 nitrogen and oxygen atoms in total. The minimum absolute atomic E-state index is 0.135. The maximum absolute atomic E-state index is 13.1. The fraction of sp³-hybridized carbons (Fsp3) is 0.115. The topological polar surface area (TPSA) is 91.8 Å². The maximum atomic E-state index is 13.1. The van der Waals surface area contributed by atoms with E-state index >= 15 is 0 Å². The molecule has 7 heteroatoms. The van der Waals surface area contributed by atoms with Crippen molar-refractivity contribution < 1.29 is 9.59 Å². The third kappa shape index (κ3) is 4.21. The van der Waals surface area contributed by atoms with Gasteiger partial charge in [0, 0.05) is 18.5 Å². The molecule has 1 unspecified atom stereocenters. The van der Waals surface area contributed by atoms with Crippen LogP contribution in [0.5, 0.6) is 0 Å². The summed E-state index contributed by atoms with van der Waals surface area (Å²) in [7, 11) is 0. The number of H-pyrrole nitrogens is 1. The number of carbonyl (C=O) groups excluding carboxylic acids is 2. The van der Waals surface area contributed by atoms with Gasteiger partial charge >= 0.3 is 0 Å². The first-order valence-corrected chi connectivity index (χ1v) is 10.7. The number of amides is 2. The second kappa shape index (κ2) is 8.63. The Bertz CT molecular complexity index is 1420. The number of carbonyl (C=O) groups is 2. The number of imidazole rings is 1. The van der Waals surface area contributed by atoms with Crippen molar-refractivity contribution >= 4 is 39.4 Å². The number of nitrogens with one attached hydrogen (secondary N) is 3. The number of para-hydroxylation sites is 2. The van der Waals surface area contributed by atoms with Crippen molar-refractivity contribution in [1.82, 2.24) is 19.9 Å². The molecule has 33 heavy (non-hydrogen) atoms. The second-order valence-electron chi connectivity index (χ2n) is 7.91. The molecule has 2 amide bonds. The van der Waals surface area contributed by atoms with Crippen molar-refractivity contribution in [3.05, 3.63) is 96.4 Å². The second-order valence-corrected chi connectivity index (χ2v) is 7.91. The van der Waals surface area contributed by atoms with E-state index < -0.39 is 6.04 Å². The van der Waals surface area contributed by atoms with Crippen molar-refractivity contribution in [1.29, 1.82) is 0 Å². The Morgan fingerprint density at radius 1 is 0.970 bits per heavy atom. The Morgan fingerprint density at radius 3 is 2.55 bits per heavy atom. The van der Waals surface area contributed by atoms with Crippen LogP contribution in [0, 0.1) is 0 Å². The molecule has 3 aromatic carbocycles. The number of fused-ring (bicyclic) bond motifs is 2. The highest BCUT2D eigenvalue weighted by Gasteiger charge is 2.21. The Kier molecular flexibility index (Phi) is 5.36. The van der Waals surface area contributed by atoms with E-state index in [-0.39, 0.29) is 18.4 Å². The molecule has 164 valence electrons. The van der Waals surface area contributed by atoms with Gasteiger partial charge in [-0.25, -0.2) is 4.98 Å². The summed E-state index contributed by atoms with van der Waals surface area (Å²) < 4.78 is 1.87. The molecular weight excluding hydrogens is 414 g/mol. The third-order valence-electron chi connectivity index (χ3n) is 5.56. The molecule has 5 aromatic rings. The van der Waals surface area contributed by atoms with Gasteiger partial charge in [-0.2, -0.15) is 0 Å². The van der Waals surface area contributed by atoms with E-state index in [1.807, 2.05) is 89.6 Å². The van der Waals surface area contributed by atoms with E-state index in [1.165, 1.54) is 6.92 Å². The molecule has 0 radical (unpaired) electrons. The molecule has 0 aliphatic rings. The smallest absolute Gasteiger partial charge is 0.240 e. The van der Waals surface area contributed by atoms with Crippen LogP contribution in [0.1, 0.15) is 24.4 Å². The lowest BCUT2D eigenvalue weighted by Crippen LogP contribution is -2.32. The molecule has 0 saturated heterocycles. The zero-order valence-corrected chi connectivity index (χ0v) is 18.1. The van der Waals surface area contributed by atoms with Crippen LogP contribution in [0.3, 0.4) is 0 Å². The predicted molar refractivity (Wildman–Crippen MR) is 129 cm³/mol. The number of nitrogens with zero attached hydrogens (tertiary/aromatic N) is 2. The van der Waals surface area contributed by atoms with Gasteiger partial charge in [0.15, 0.2) is 0 Å². The first kappa shape index (κ1) is 20.5. The van der Waals surface area contributed by atoms with Gasteiger partial charge in [0.1, 0.15) is 18.4 Å². The van der Waals surface area contributed by atoms with Gasteiger partial charge in [-0.3, -0.25) is 9.59 Å². The van der Waals surface area contributed by atoms with Crippen LogP contribution in [0.15, 0.2) is 85.1 Å². The summed E-state index contributed by atoms with van der Waals surface area (Å²) in [6.07, 6.45) is 1.86. The molecule has 0 aliphatic heterocycles. The summed E-state index contributed by atoms with van der Waals surface area (Å²) in [5.41, 5.74) is 4.31. The van der Waals surface area contributed by atoms with Crippen LogP contribution in [-0.2, 0) is 16.1 Å². The van der Waals surface area contributed by atoms with E-state index in [0.29, 0.717) is 5.82 Å². The monoisotopic (exact) mass is 437 g/mol. The van der Waals surface area contributed by atoms with Crippen LogP contribution in [0.2, 0.25) is 0 Å². The standard InChI is InChI=1S/C26H23N5O2/c1-17(32)27-20-12-7-13-23-19(20)14-15-31(23)16-24(33)30-25(18-8-3-2-4-9-18)26-28-21-10-5-6-11-22(21)29-26/h2-15,25H,16H2,1H3,(H,27,32)(H,28,29)(H,30,33). The Labute approximate surface area is 190 Å². The molecular formula is C26H23N5O2. The minimum Gasteiger partial charge on any atom is -0.341 e. The number of benzene rings is 3. The van der Waals surface area contributed by atoms with Crippen LogP contribution >= 0.6 is 0 Å². The number of rotatable bonds is 6. The van der Waals surface area contributed by atoms with Gasteiger partial charge < -0.3 is 20.2 Å².